The summed E-state index contributed by atoms with van der Waals surface area (Å²) >= 11 is 0. The lowest BCUT2D eigenvalue weighted by Crippen LogP contribution is -2.35. The largest absolute Gasteiger partial charge is 0.308 e. The number of hydrogen-bond acceptors (Lipinski definition) is 3. The smallest absolute Gasteiger partial charge is 0.0234 e. The van der Waals surface area contributed by atoms with Gasteiger partial charge in [-0.25, -0.2) is 0 Å². The molecule has 0 aliphatic carbocycles. The minimum absolute atomic E-state index is 0.157. The van der Waals surface area contributed by atoms with Crippen molar-refractivity contribution in [2.75, 3.05) is 34.2 Å². The van der Waals surface area contributed by atoms with Crippen molar-refractivity contribution in [3.05, 3.63) is 35.4 Å². The second-order valence-corrected chi connectivity index (χ2v) is 6.91. The molecule has 1 rings (SSSR count). The van der Waals surface area contributed by atoms with E-state index >= 15 is 0 Å². The van der Waals surface area contributed by atoms with Crippen molar-refractivity contribution in [2.24, 2.45) is 0 Å². The van der Waals surface area contributed by atoms with Crippen LogP contribution in [0.4, 0.5) is 0 Å². The number of rotatable bonds is 7. The van der Waals surface area contributed by atoms with Crippen LogP contribution in [0.3, 0.4) is 0 Å². The minimum atomic E-state index is 0.157. The molecule has 0 aromatic heterocycles. The Labute approximate surface area is 125 Å². The van der Waals surface area contributed by atoms with Gasteiger partial charge in [0.05, 0.1) is 0 Å². The minimum Gasteiger partial charge on any atom is -0.308 e. The summed E-state index contributed by atoms with van der Waals surface area (Å²) in [5.74, 6) is 0. The van der Waals surface area contributed by atoms with Crippen LogP contribution >= 0.6 is 0 Å². The van der Waals surface area contributed by atoms with Gasteiger partial charge in [-0.15, -0.1) is 0 Å². The quantitative estimate of drug-likeness (QED) is 0.826. The molecule has 0 unspecified atom stereocenters. The van der Waals surface area contributed by atoms with Gasteiger partial charge in [-0.3, -0.25) is 0 Å². The van der Waals surface area contributed by atoms with Crippen LogP contribution in [-0.2, 0) is 13.1 Å². The normalized spacial score (nSPS) is 12.4. The first-order valence-electron chi connectivity index (χ1n) is 7.43. The Balaban J connectivity index is 2.60. The number of benzene rings is 1. The van der Waals surface area contributed by atoms with Gasteiger partial charge in [0.25, 0.3) is 0 Å². The van der Waals surface area contributed by atoms with Crippen LogP contribution in [0.5, 0.6) is 0 Å². The Bertz CT molecular complexity index is 393. The SMILES string of the molecule is CN(C)CCN(C)Cc1ccccc1CNC(C)(C)C. The Kier molecular flexibility index (Phi) is 6.66. The third-order valence-electron chi connectivity index (χ3n) is 3.30. The molecular weight excluding hydrogens is 246 g/mol. The predicted molar refractivity (Wildman–Crippen MR) is 87.9 cm³/mol. The second kappa shape index (κ2) is 7.77. The molecule has 0 radical (unpaired) electrons. The molecule has 0 saturated heterocycles. The van der Waals surface area contributed by atoms with E-state index in [1.54, 1.807) is 0 Å². The molecule has 0 amide bonds. The molecule has 3 heteroatoms. The van der Waals surface area contributed by atoms with Crippen molar-refractivity contribution in [3.63, 3.8) is 0 Å². The molecule has 20 heavy (non-hydrogen) atoms. The van der Waals surface area contributed by atoms with E-state index < -0.39 is 0 Å². The third-order valence-corrected chi connectivity index (χ3v) is 3.30. The first kappa shape index (κ1) is 17.2. The maximum absolute atomic E-state index is 3.58. The van der Waals surface area contributed by atoms with E-state index in [0.29, 0.717) is 0 Å². The van der Waals surface area contributed by atoms with E-state index in [1.807, 2.05) is 0 Å². The van der Waals surface area contributed by atoms with Crippen molar-refractivity contribution < 1.29 is 0 Å². The van der Waals surface area contributed by atoms with Gasteiger partial charge in [0.1, 0.15) is 0 Å². The highest BCUT2D eigenvalue weighted by Gasteiger charge is 2.11. The van der Waals surface area contributed by atoms with Gasteiger partial charge in [0.15, 0.2) is 0 Å². The van der Waals surface area contributed by atoms with Crippen LogP contribution in [0, 0.1) is 0 Å². The molecule has 0 aliphatic heterocycles. The Morgan fingerprint density at radius 2 is 1.55 bits per heavy atom. The summed E-state index contributed by atoms with van der Waals surface area (Å²) < 4.78 is 0. The lowest BCUT2D eigenvalue weighted by molar-refractivity contribution is 0.275. The lowest BCUT2D eigenvalue weighted by atomic mass is 10.0. The van der Waals surface area contributed by atoms with Gasteiger partial charge < -0.3 is 15.1 Å². The average Bonchev–Trinajstić information content (AvgIpc) is 2.34. The summed E-state index contributed by atoms with van der Waals surface area (Å²) in [6.07, 6.45) is 0. The molecule has 0 heterocycles. The van der Waals surface area contributed by atoms with Crippen molar-refractivity contribution in [1.29, 1.82) is 0 Å². The predicted octanol–water partition coefficient (Wildman–Crippen LogP) is 2.57. The standard InChI is InChI=1S/C17H31N3/c1-17(2,3)18-13-15-9-7-8-10-16(15)14-20(6)12-11-19(4)5/h7-10,18H,11-14H2,1-6H3. The molecule has 0 atom stereocenters. The molecule has 1 aromatic carbocycles. The van der Waals surface area contributed by atoms with Crippen LogP contribution in [0.25, 0.3) is 0 Å². The van der Waals surface area contributed by atoms with E-state index in [1.165, 1.54) is 11.1 Å². The summed E-state index contributed by atoms with van der Waals surface area (Å²) in [7, 11) is 6.43. The molecule has 0 aliphatic rings. The van der Waals surface area contributed by atoms with E-state index in [0.717, 1.165) is 26.2 Å². The molecule has 1 N–H and O–H groups in total. The Hall–Kier alpha value is -0.900. The van der Waals surface area contributed by atoms with E-state index in [-0.39, 0.29) is 5.54 Å². The van der Waals surface area contributed by atoms with Crippen LogP contribution in [0.2, 0.25) is 0 Å². The van der Waals surface area contributed by atoms with Crippen LogP contribution in [0.15, 0.2) is 24.3 Å². The third kappa shape index (κ3) is 7.04. The summed E-state index contributed by atoms with van der Waals surface area (Å²) in [5, 5.41) is 3.58. The molecule has 0 fully saturated rings. The topological polar surface area (TPSA) is 18.5 Å². The van der Waals surface area contributed by atoms with Crippen molar-refractivity contribution in [1.82, 2.24) is 15.1 Å². The maximum Gasteiger partial charge on any atom is 0.0234 e. The second-order valence-electron chi connectivity index (χ2n) is 6.91. The molecule has 114 valence electrons. The van der Waals surface area contributed by atoms with Crippen LogP contribution < -0.4 is 5.32 Å². The molecular formula is C17H31N3. The number of nitrogens with one attached hydrogen (secondary N) is 1. The average molecular weight is 277 g/mol. The molecule has 0 saturated carbocycles. The lowest BCUT2D eigenvalue weighted by Gasteiger charge is -2.24. The first-order chi connectivity index (χ1) is 9.28. The molecule has 0 bridgehead atoms. The zero-order valence-electron chi connectivity index (χ0n) is 14.0. The van der Waals surface area contributed by atoms with Crippen LogP contribution in [0.1, 0.15) is 31.9 Å². The van der Waals surface area contributed by atoms with Gasteiger partial charge in [0, 0.05) is 31.7 Å². The maximum atomic E-state index is 3.58. The van der Waals surface area contributed by atoms with Crippen LogP contribution in [-0.4, -0.2) is 49.6 Å². The first-order valence-corrected chi connectivity index (χ1v) is 7.43. The Morgan fingerprint density at radius 1 is 0.950 bits per heavy atom. The fourth-order valence-electron chi connectivity index (χ4n) is 1.99. The van der Waals surface area contributed by atoms with E-state index in [9.17, 15) is 0 Å². The highest BCUT2D eigenvalue weighted by atomic mass is 15.1. The zero-order valence-corrected chi connectivity index (χ0v) is 14.0. The zero-order chi connectivity index (χ0) is 15.2. The number of nitrogens with zero attached hydrogens (tertiary/aromatic N) is 2. The van der Waals surface area contributed by atoms with E-state index in [2.05, 4.69) is 81.3 Å². The fourth-order valence-corrected chi connectivity index (χ4v) is 1.99. The van der Waals surface area contributed by atoms with Crippen molar-refractivity contribution in [3.8, 4) is 0 Å². The van der Waals surface area contributed by atoms with E-state index in [4.69, 9.17) is 0 Å². The summed E-state index contributed by atoms with van der Waals surface area (Å²) in [5.41, 5.74) is 2.98. The number of likely N-dealkylation sites (N-methyl/N-ethyl adjacent to an activating group) is 2. The van der Waals surface area contributed by atoms with Gasteiger partial charge >= 0.3 is 0 Å². The summed E-state index contributed by atoms with van der Waals surface area (Å²) in [6, 6.07) is 8.73. The van der Waals surface area contributed by atoms with Gasteiger partial charge in [-0.05, 0) is 53.0 Å². The van der Waals surface area contributed by atoms with Gasteiger partial charge in [-0.1, -0.05) is 24.3 Å². The summed E-state index contributed by atoms with van der Waals surface area (Å²) in [6.45, 7) is 10.8. The summed E-state index contributed by atoms with van der Waals surface area (Å²) in [4.78, 5) is 4.61. The molecule has 0 spiro atoms. The highest BCUT2D eigenvalue weighted by molar-refractivity contribution is 5.27. The van der Waals surface area contributed by atoms with Gasteiger partial charge in [0.2, 0.25) is 0 Å². The monoisotopic (exact) mass is 277 g/mol. The Morgan fingerprint density at radius 3 is 2.10 bits per heavy atom. The highest BCUT2D eigenvalue weighted by Crippen LogP contribution is 2.12. The number of hydrogen-bond donors (Lipinski definition) is 1. The van der Waals surface area contributed by atoms with Crippen molar-refractivity contribution in [2.45, 2.75) is 39.4 Å². The van der Waals surface area contributed by atoms with Crippen molar-refractivity contribution >= 4 is 0 Å². The fraction of sp³-hybridized carbons (Fsp3) is 0.647. The molecule has 3 nitrogen and oxygen atoms in total. The molecule has 1 aromatic rings. The van der Waals surface area contributed by atoms with Gasteiger partial charge in [-0.2, -0.15) is 0 Å².